The van der Waals surface area contributed by atoms with Crippen LogP contribution in [-0.2, 0) is 20.8 Å². The lowest BCUT2D eigenvalue weighted by atomic mass is 10.2. The van der Waals surface area contributed by atoms with Crippen molar-refractivity contribution in [1.82, 2.24) is 24.6 Å². The number of esters is 1. The molecule has 0 aliphatic heterocycles. The number of nitrogen functional groups attached to an aromatic ring is 1. The molecule has 0 radical (unpaired) electrons. The van der Waals surface area contributed by atoms with E-state index in [-0.39, 0.29) is 11.9 Å². The van der Waals surface area contributed by atoms with E-state index in [2.05, 4.69) is 20.0 Å². The lowest BCUT2D eigenvalue weighted by Crippen LogP contribution is -2.26. The average molecular weight is 432 g/mol. The van der Waals surface area contributed by atoms with Gasteiger partial charge in [0.15, 0.2) is 19.8 Å². The van der Waals surface area contributed by atoms with E-state index in [9.17, 15) is 4.79 Å². The molecule has 3 N–H and O–H groups in total. The van der Waals surface area contributed by atoms with Crippen LogP contribution in [0, 0.1) is 5.92 Å². The third kappa shape index (κ3) is 5.85. The number of para-hydroxylation sites is 1. The van der Waals surface area contributed by atoms with Gasteiger partial charge in [-0.15, -0.1) is 0 Å². The maximum Gasteiger partial charge on any atom is 0.309 e. The molecule has 2 aromatic heterocycles. The Hall–Kier alpha value is -2.81. The predicted octanol–water partition coefficient (Wildman–Crippen LogP) is 2.17. The Morgan fingerprint density at radius 3 is 2.83 bits per heavy atom. The number of carbonyl (C=O) groups excluding carboxylic acids is 1. The largest absolute Gasteiger partial charge is 0.469 e. The summed E-state index contributed by atoms with van der Waals surface area (Å²) >= 11 is 0. The zero-order valence-electron chi connectivity index (χ0n) is 16.9. The molecule has 0 aliphatic rings. The van der Waals surface area contributed by atoms with Crippen molar-refractivity contribution in [1.29, 1.82) is 0 Å². The molecule has 10 nitrogen and oxygen atoms in total. The number of aromatic nitrogens is 4. The third-order valence-electron chi connectivity index (χ3n) is 4.25. The van der Waals surface area contributed by atoms with Crippen LogP contribution in [0.25, 0.3) is 11.2 Å². The summed E-state index contributed by atoms with van der Waals surface area (Å²) in [6, 6.07) is 9.48. The molecule has 1 unspecified atom stereocenters. The molecule has 11 heteroatoms. The van der Waals surface area contributed by atoms with Gasteiger partial charge in [-0.25, -0.2) is 15.0 Å². The van der Waals surface area contributed by atoms with Gasteiger partial charge in [0.2, 0.25) is 0 Å². The highest BCUT2D eigenvalue weighted by molar-refractivity contribution is 7.50. The molecule has 0 bridgehead atoms. The first-order valence-electron chi connectivity index (χ1n) is 9.39. The number of nitrogens with zero attached hydrogens (tertiary/aromatic N) is 4. The molecule has 0 amide bonds. The number of imidazole rings is 1. The van der Waals surface area contributed by atoms with Crippen molar-refractivity contribution in [2.45, 2.75) is 13.5 Å². The number of nitrogens with two attached hydrogens (primary N) is 1. The van der Waals surface area contributed by atoms with E-state index in [0.717, 1.165) is 5.75 Å². The summed E-state index contributed by atoms with van der Waals surface area (Å²) in [7, 11) is 0.220. The fraction of sp³-hybridized carbons (Fsp3) is 0.368. The van der Waals surface area contributed by atoms with Gasteiger partial charge in [-0.3, -0.25) is 9.88 Å². The van der Waals surface area contributed by atoms with E-state index in [1.165, 1.54) is 13.4 Å². The van der Waals surface area contributed by atoms with E-state index in [4.69, 9.17) is 19.7 Å². The van der Waals surface area contributed by atoms with E-state index < -0.39 is 8.30 Å². The topological polar surface area (TPSA) is 126 Å². The second kappa shape index (κ2) is 10.8. The Bertz CT molecular complexity index is 955. The quantitative estimate of drug-likeness (QED) is 0.266. The van der Waals surface area contributed by atoms with Crippen LogP contribution >= 0.6 is 8.30 Å². The normalized spacial score (nSPS) is 13.1. The molecule has 2 atom stereocenters. The Balaban J connectivity index is 1.54. The second-order valence-electron chi connectivity index (χ2n) is 6.48. The minimum atomic E-state index is -1.16. The maximum absolute atomic E-state index is 11.7. The molecule has 3 aromatic rings. The van der Waals surface area contributed by atoms with Crippen LogP contribution in [-0.4, -0.2) is 52.1 Å². The SMILES string of the molecule is COC(=O)[C@H](C)CNP(COCCn1cnc2c(N)ncnc21)Oc1ccccc1. The fourth-order valence-electron chi connectivity index (χ4n) is 2.61. The van der Waals surface area contributed by atoms with E-state index in [1.54, 1.807) is 13.3 Å². The Morgan fingerprint density at radius 2 is 2.07 bits per heavy atom. The first-order valence-corrected chi connectivity index (χ1v) is 10.8. The smallest absolute Gasteiger partial charge is 0.309 e. The Morgan fingerprint density at radius 1 is 1.27 bits per heavy atom. The van der Waals surface area contributed by atoms with Crippen molar-refractivity contribution < 1.29 is 18.8 Å². The van der Waals surface area contributed by atoms with Crippen LogP contribution in [0.5, 0.6) is 5.75 Å². The van der Waals surface area contributed by atoms with Gasteiger partial charge < -0.3 is 24.3 Å². The number of hydrogen-bond donors (Lipinski definition) is 2. The van der Waals surface area contributed by atoms with Crippen molar-refractivity contribution >= 4 is 31.3 Å². The Kier molecular flexibility index (Phi) is 7.89. The van der Waals surface area contributed by atoms with Crippen LogP contribution in [0.1, 0.15) is 6.92 Å². The van der Waals surface area contributed by atoms with Gasteiger partial charge in [0.1, 0.15) is 23.9 Å². The number of anilines is 1. The van der Waals surface area contributed by atoms with Crippen molar-refractivity contribution in [3.8, 4) is 5.75 Å². The van der Waals surface area contributed by atoms with E-state index in [1.807, 2.05) is 34.9 Å². The van der Waals surface area contributed by atoms with Crippen molar-refractivity contribution in [3.63, 3.8) is 0 Å². The number of methoxy groups -OCH3 is 1. The molecule has 1 aromatic carbocycles. The summed E-state index contributed by atoms with van der Waals surface area (Å²) in [5, 5.41) is 3.27. The minimum Gasteiger partial charge on any atom is -0.469 e. The van der Waals surface area contributed by atoms with Crippen molar-refractivity contribution in [2.75, 3.05) is 32.3 Å². The number of nitrogens with one attached hydrogen (secondary N) is 1. The second-order valence-corrected chi connectivity index (χ2v) is 7.99. The number of rotatable bonds is 11. The minimum absolute atomic E-state index is 0.272. The third-order valence-corrected chi connectivity index (χ3v) is 5.63. The number of carbonyl (C=O) groups is 1. The summed E-state index contributed by atoms with van der Waals surface area (Å²) in [5.41, 5.74) is 7.05. The summed E-state index contributed by atoms with van der Waals surface area (Å²) in [6.07, 6.45) is 3.43. The molecule has 0 saturated carbocycles. The molecule has 0 fully saturated rings. The van der Waals surface area contributed by atoms with E-state index in [0.29, 0.717) is 43.0 Å². The average Bonchev–Trinajstić information content (AvgIpc) is 3.19. The molecular formula is C19H25N6O4P. The van der Waals surface area contributed by atoms with Crippen LogP contribution < -0.4 is 15.3 Å². The molecular weight excluding hydrogens is 407 g/mol. The molecule has 3 rings (SSSR count). The summed E-state index contributed by atoms with van der Waals surface area (Å²) < 4.78 is 18.5. The monoisotopic (exact) mass is 432 g/mol. The first kappa shape index (κ1) is 21.9. The highest BCUT2D eigenvalue weighted by atomic mass is 31.2. The first-order chi connectivity index (χ1) is 14.6. The van der Waals surface area contributed by atoms with Gasteiger partial charge >= 0.3 is 5.97 Å². The zero-order valence-corrected chi connectivity index (χ0v) is 17.8. The zero-order chi connectivity index (χ0) is 21.3. The lowest BCUT2D eigenvalue weighted by Gasteiger charge is -2.21. The van der Waals surface area contributed by atoms with Gasteiger partial charge in [-0.1, -0.05) is 25.1 Å². The molecule has 160 valence electrons. The van der Waals surface area contributed by atoms with Crippen LogP contribution in [0.15, 0.2) is 43.0 Å². The highest BCUT2D eigenvalue weighted by Gasteiger charge is 2.18. The predicted molar refractivity (Wildman–Crippen MR) is 114 cm³/mol. The summed E-state index contributed by atoms with van der Waals surface area (Å²) in [4.78, 5) is 24.1. The summed E-state index contributed by atoms with van der Waals surface area (Å²) in [6.45, 7) is 3.21. The van der Waals surface area contributed by atoms with Gasteiger partial charge in [0.25, 0.3) is 0 Å². The lowest BCUT2D eigenvalue weighted by molar-refractivity contribution is -0.144. The number of hydrogen-bond acceptors (Lipinski definition) is 9. The number of ether oxygens (including phenoxy) is 2. The standard InChI is InChI=1S/C19H25N6O4P/c1-14(19(26)27-2)10-24-30(29-15-6-4-3-5-7-15)13-28-9-8-25-12-23-16-17(20)21-11-22-18(16)25/h3-7,11-12,14,24H,8-10,13H2,1-2H3,(H2,20,21,22)/t14-,30?/m1/s1. The van der Waals surface area contributed by atoms with Gasteiger partial charge in [-0.2, -0.15) is 0 Å². The van der Waals surface area contributed by atoms with Gasteiger partial charge in [0.05, 0.1) is 26.0 Å². The molecule has 2 heterocycles. The molecule has 0 aliphatic carbocycles. The maximum atomic E-state index is 11.7. The van der Waals surface area contributed by atoms with Gasteiger partial charge in [-0.05, 0) is 12.1 Å². The fourth-order valence-corrected chi connectivity index (χ4v) is 3.97. The molecule has 0 spiro atoms. The highest BCUT2D eigenvalue weighted by Crippen LogP contribution is 2.34. The van der Waals surface area contributed by atoms with E-state index >= 15 is 0 Å². The number of fused-ring (bicyclic) bond motifs is 1. The number of benzene rings is 1. The molecule has 30 heavy (non-hydrogen) atoms. The summed E-state index contributed by atoms with van der Waals surface area (Å²) in [5.74, 6) is 0.523. The van der Waals surface area contributed by atoms with Crippen molar-refractivity contribution in [2.24, 2.45) is 5.92 Å². The van der Waals surface area contributed by atoms with Crippen molar-refractivity contribution in [3.05, 3.63) is 43.0 Å². The van der Waals surface area contributed by atoms with Crippen LogP contribution in [0.2, 0.25) is 0 Å². The Labute approximate surface area is 175 Å². The van der Waals surface area contributed by atoms with Gasteiger partial charge in [0, 0.05) is 13.1 Å². The van der Waals surface area contributed by atoms with Crippen LogP contribution in [0.3, 0.4) is 0 Å². The molecule has 0 saturated heterocycles. The van der Waals surface area contributed by atoms with Crippen LogP contribution in [0.4, 0.5) is 5.82 Å².